The van der Waals surface area contributed by atoms with Gasteiger partial charge in [-0.05, 0) is 36.3 Å². The maximum absolute atomic E-state index is 11.8. The second-order valence-corrected chi connectivity index (χ2v) is 4.63. The van der Waals surface area contributed by atoms with E-state index in [0.717, 1.165) is 18.6 Å². The van der Waals surface area contributed by atoms with Crippen molar-refractivity contribution in [3.63, 3.8) is 0 Å². The third-order valence-electron chi connectivity index (χ3n) is 2.11. The molecule has 0 spiro atoms. The van der Waals surface area contributed by atoms with E-state index >= 15 is 0 Å². The Bertz CT molecular complexity index is 315. The highest BCUT2D eigenvalue weighted by atomic mass is 35.5. The minimum atomic E-state index is 0.0927. The molecule has 1 aliphatic rings. The third kappa shape index (κ3) is 1.76. The lowest BCUT2D eigenvalue weighted by Gasteiger charge is -2.04. The van der Waals surface area contributed by atoms with E-state index in [-0.39, 0.29) is 16.3 Å². The largest absolute Gasteiger partial charge is 0.452 e. The Hall–Kier alpha value is -0.410. The zero-order valence-electron chi connectivity index (χ0n) is 6.96. The molecule has 1 fully saturated rings. The van der Waals surface area contributed by atoms with Gasteiger partial charge in [0.25, 0.3) is 0 Å². The number of Topliss-reactive ketones (excluding diaryl/α,β-unsaturated/α-hetero) is 1. The van der Waals surface area contributed by atoms with Crippen LogP contribution < -0.4 is 0 Å². The standard InChI is InChI=1S/C9H9ClO2S/c10-9-6(3-4-12-9)8(11)7-2-1-5-13-7/h3-4,7H,1-2,5H2. The van der Waals surface area contributed by atoms with Crippen molar-refractivity contribution in [2.45, 2.75) is 18.1 Å². The minimum Gasteiger partial charge on any atom is -0.452 e. The van der Waals surface area contributed by atoms with E-state index in [0.29, 0.717) is 5.56 Å². The summed E-state index contributed by atoms with van der Waals surface area (Å²) in [5.41, 5.74) is 0.529. The fourth-order valence-electron chi connectivity index (χ4n) is 1.43. The van der Waals surface area contributed by atoms with Gasteiger partial charge in [-0.1, -0.05) is 0 Å². The number of halogens is 1. The van der Waals surface area contributed by atoms with Crippen LogP contribution >= 0.6 is 23.4 Å². The number of carbonyl (C=O) groups excluding carboxylic acids is 1. The minimum absolute atomic E-state index is 0.0927. The Balaban J connectivity index is 2.17. The fraction of sp³-hybridized carbons (Fsp3) is 0.444. The molecule has 2 rings (SSSR count). The monoisotopic (exact) mass is 216 g/mol. The highest BCUT2D eigenvalue weighted by Crippen LogP contribution is 2.31. The zero-order chi connectivity index (χ0) is 9.26. The second kappa shape index (κ2) is 3.76. The number of ketones is 1. The summed E-state index contributed by atoms with van der Waals surface area (Å²) in [5.74, 6) is 1.19. The normalized spacial score (nSPS) is 22.1. The molecule has 0 N–H and O–H groups in total. The smallest absolute Gasteiger partial charge is 0.203 e. The van der Waals surface area contributed by atoms with Gasteiger partial charge in [0.2, 0.25) is 5.22 Å². The van der Waals surface area contributed by atoms with Crippen LogP contribution in [0.2, 0.25) is 5.22 Å². The predicted octanol–water partition coefficient (Wildman–Crippen LogP) is 3.01. The number of hydrogen-bond acceptors (Lipinski definition) is 3. The second-order valence-electron chi connectivity index (χ2n) is 2.97. The molecule has 1 aromatic rings. The molecule has 0 bridgehead atoms. The maximum atomic E-state index is 11.8. The molecule has 1 atom stereocenters. The van der Waals surface area contributed by atoms with E-state index in [1.165, 1.54) is 6.26 Å². The first-order valence-corrected chi connectivity index (χ1v) is 5.60. The SMILES string of the molecule is O=C(c1ccoc1Cl)C1CCCS1. The summed E-state index contributed by atoms with van der Waals surface area (Å²) in [4.78, 5) is 11.8. The van der Waals surface area contributed by atoms with E-state index in [1.807, 2.05) is 0 Å². The van der Waals surface area contributed by atoms with Gasteiger partial charge in [-0.25, -0.2) is 0 Å². The third-order valence-corrected chi connectivity index (χ3v) is 3.77. The lowest BCUT2D eigenvalue weighted by atomic mass is 10.1. The van der Waals surface area contributed by atoms with Gasteiger partial charge in [0, 0.05) is 0 Å². The average Bonchev–Trinajstić information content (AvgIpc) is 2.72. The van der Waals surface area contributed by atoms with E-state index in [4.69, 9.17) is 16.0 Å². The summed E-state index contributed by atoms with van der Waals surface area (Å²) in [6, 6.07) is 1.64. The molecule has 0 aliphatic carbocycles. The van der Waals surface area contributed by atoms with E-state index < -0.39 is 0 Å². The number of carbonyl (C=O) groups is 1. The van der Waals surface area contributed by atoms with Crippen LogP contribution in [-0.4, -0.2) is 16.8 Å². The molecule has 0 amide bonds. The summed E-state index contributed by atoms with van der Waals surface area (Å²) in [6.07, 6.45) is 3.54. The highest BCUT2D eigenvalue weighted by Gasteiger charge is 2.26. The van der Waals surface area contributed by atoms with Crippen LogP contribution in [0.5, 0.6) is 0 Å². The maximum Gasteiger partial charge on any atom is 0.203 e. The van der Waals surface area contributed by atoms with Crippen molar-refractivity contribution in [2.75, 3.05) is 5.75 Å². The summed E-state index contributed by atoms with van der Waals surface area (Å²) in [6.45, 7) is 0. The molecule has 1 saturated heterocycles. The van der Waals surface area contributed by atoms with Crippen LogP contribution in [0.1, 0.15) is 23.2 Å². The molecule has 13 heavy (non-hydrogen) atoms. The van der Waals surface area contributed by atoms with E-state index in [1.54, 1.807) is 17.8 Å². The van der Waals surface area contributed by atoms with Crippen molar-refractivity contribution < 1.29 is 9.21 Å². The molecule has 1 aromatic heterocycles. The van der Waals surface area contributed by atoms with Crippen LogP contribution in [0.4, 0.5) is 0 Å². The van der Waals surface area contributed by atoms with Gasteiger partial charge < -0.3 is 4.42 Å². The first kappa shape index (κ1) is 9.16. The van der Waals surface area contributed by atoms with Crippen molar-refractivity contribution in [3.05, 3.63) is 23.1 Å². The Kier molecular flexibility index (Phi) is 2.65. The average molecular weight is 217 g/mol. The molecule has 1 unspecified atom stereocenters. The first-order chi connectivity index (χ1) is 6.29. The van der Waals surface area contributed by atoms with Crippen LogP contribution in [0.3, 0.4) is 0 Å². The van der Waals surface area contributed by atoms with Gasteiger partial charge in [-0.3, -0.25) is 4.79 Å². The van der Waals surface area contributed by atoms with Crippen molar-refractivity contribution in [1.29, 1.82) is 0 Å². The summed E-state index contributed by atoms with van der Waals surface area (Å²) in [7, 11) is 0. The van der Waals surface area contributed by atoms with Crippen molar-refractivity contribution in [1.82, 2.24) is 0 Å². The molecule has 2 heterocycles. The fourth-order valence-corrected chi connectivity index (χ4v) is 2.86. The summed E-state index contributed by atoms with van der Waals surface area (Å²) >= 11 is 7.42. The molecule has 0 saturated carbocycles. The van der Waals surface area contributed by atoms with Crippen molar-refractivity contribution in [3.8, 4) is 0 Å². The molecule has 70 valence electrons. The Morgan fingerprint density at radius 1 is 1.69 bits per heavy atom. The van der Waals surface area contributed by atoms with Gasteiger partial charge in [0.1, 0.15) is 0 Å². The predicted molar refractivity (Wildman–Crippen MR) is 53.5 cm³/mol. The van der Waals surface area contributed by atoms with Gasteiger partial charge in [-0.2, -0.15) is 11.8 Å². The first-order valence-electron chi connectivity index (χ1n) is 4.18. The highest BCUT2D eigenvalue weighted by molar-refractivity contribution is 8.00. The Labute approximate surface area is 85.6 Å². The molecular formula is C9H9ClO2S. The lowest BCUT2D eigenvalue weighted by Crippen LogP contribution is -2.13. The van der Waals surface area contributed by atoms with E-state index in [9.17, 15) is 4.79 Å². The van der Waals surface area contributed by atoms with Crippen LogP contribution in [0.25, 0.3) is 0 Å². The topological polar surface area (TPSA) is 30.2 Å². The summed E-state index contributed by atoms with van der Waals surface area (Å²) < 4.78 is 4.88. The molecule has 0 radical (unpaired) electrons. The molecule has 4 heteroatoms. The van der Waals surface area contributed by atoms with Crippen LogP contribution in [-0.2, 0) is 0 Å². The van der Waals surface area contributed by atoms with Gasteiger partial charge >= 0.3 is 0 Å². The summed E-state index contributed by atoms with van der Waals surface area (Å²) in [5, 5.41) is 0.313. The number of hydrogen-bond donors (Lipinski definition) is 0. The molecule has 2 nitrogen and oxygen atoms in total. The number of rotatable bonds is 2. The zero-order valence-corrected chi connectivity index (χ0v) is 8.53. The van der Waals surface area contributed by atoms with Gasteiger partial charge in [0.05, 0.1) is 17.1 Å². The lowest BCUT2D eigenvalue weighted by molar-refractivity contribution is 0.0988. The molecule has 0 aromatic carbocycles. The quantitative estimate of drug-likeness (QED) is 0.712. The van der Waals surface area contributed by atoms with Crippen LogP contribution in [0.15, 0.2) is 16.7 Å². The van der Waals surface area contributed by atoms with Gasteiger partial charge in [0.15, 0.2) is 5.78 Å². The van der Waals surface area contributed by atoms with E-state index in [2.05, 4.69) is 0 Å². The number of furan rings is 1. The molecule has 1 aliphatic heterocycles. The van der Waals surface area contributed by atoms with Crippen LogP contribution in [0, 0.1) is 0 Å². The van der Waals surface area contributed by atoms with Gasteiger partial charge in [-0.15, -0.1) is 0 Å². The Morgan fingerprint density at radius 3 is 3.08 bits per heavy atom. The van der Waals surface area contributed by atoms with Crippen molar-refractivity contribution in [2.24, 2.45) is 0 Å². The number of thioether (sulfide) groups is 1. The Morgan fingerprint density at radius 2 is 2.54 bits per heavy atom. The molecular weight excluding hydrogens is 208 g/mol. The van der Waals surface area contributed by atoms with Crippen molar-refractivity contribution >= 4 is 29.1 Å².